The fourth-order valence-electron chi connectivity index (χ4n) is 2.14. The molecule has 0 atom stereocenters. The topological polar surface area (TPSA) is 44.0 Å². The molecule has 104 valence electrons. The minimum atomic E-state index is 0.0639. The third-order valence-electron chi connectivity index (χ3n) is 3.17. The molecule has 3 rings (SSSR count). The Morgan fingerprint density at radius 3 is 2.40 bits per heavy atom. The first kappa shape index (κ1) is 13.3. The molecule has 1 aromatic carbocycles. The van der Waals surface area contributed by atoms with Crippen molar-refractivity contribution in [2.24, 2.45) is 0 Å². The quantitative estimate of drug-likeness (QED) is 0.680. The minimum absolute atomic E-state index is 0.0639. The molecule has 6 heteroatoms. The summed E-state index contributed by atoms with van der Waals surface area (Å²) >= 11 is 2.95. The average molecular weight is 306 g/mol. The second-order valence-electron chi connectivity index (χ2n) is 4.55. The highest BCUT2D eigenvalue weighted by Gasteiger charge is 2.06. The van der Waals surface area contributed by atoms with Crippen molar-refractivity contribution >= 4 is 33.2 Å². The molecular weight excluding hydrogens is 292 g/mol. The zero-order chi connectivity index (χ0) is 13.9. The Morgan fingerprint density at radius 1 is 0.950 bits per heavy atom. The van der Waals surface area contributed by atoms with Gasteiger partial charge < -0.3 is 0 Å². The van der Waals surface area contributed by atoms with Gasteiger partial charge in [0.05, 0.1) is 10.1 Å². The number of rotatable bonds is 5. The van der Waals surface area contributed by atoms with Crippen LogP contribution in [0.5, 0.6) is 0 Å². The van der Waals surface area contributed by atoms with Gasteiger partial charge in [-0.25, -0.2) is 0 Å². The summed E-state index contributed by atoms with van der Waals surface area (Å²) in [5.41, 5.74) is 0.160. The van der Waals surface area contributed by atoms with Crippen LogP contribution in [0.4, 0.5) is 0 Å². The van der Waals surface area contributed by atoms with Gasteiger partial charge in [-0.3, -0.25) is 17.5 Å². The highest BCUT2D eigenvalue weighted by molar-refractivity contribution is 7.13. The van der Waals surface area contributed by atoms with Crippen LogP contribution in [0.15, 0.2) is 45.3 Å². The lowest BCUT2D eigenvalue weighted by Crippen LogP contribution is -2.15. The first-order chi connectivity index (χ1) is 9.75. The third-order valence-corrected chi connectivity index (χ3v) is 5.17. The predicted molar refractivity (Wildman–Crippen MR) is 83.9 cm³/mol. The van der Waals surface area contributed by atoms with Crippen molar-refractivity contribution in [1.29, 1.82) is 0 Å². The molecule has 0 bridgehead atoms. The molecular formula is C14H14N2O2S2. The summed E-state index contributed by atoms with van der Waals surface area (Å²) in [4.78, 5) is 23.5. The largest absolute Gasteiger partial charge is 0.268 e. The highest BCUT2D eigenvalue weighted by atomic mass is 32.1. The molecule has 0 aliphatic heterocycles. The smallest absolute Gasteiger partial charge is 0.268 e. The molecule has 0 fully saturated rings. The molecule has 4 nitrogen and oxygen atoms in total. The lowest BCUT2D eigenvalue weighted by Gasteiger charge is -2.01. The maximum atomic E-state index is 12.1. The van der Waals surface area contributed by atoms with Crippen molar-refractivity contribution in [1.82, 2.24) is 7.91 Å². The molecule has 0 saturated carbocycles. The summed E-state index contributed by atoms with van der Waals surface area (Å²) in [5, 5.41) is 2.60. The number of hydrogen-bond donors (Lipinski definition) is 0. The van der Waals surface area contributed by atoms with Crippen LogP contribution in [0.25, 0.3) is 10.1 Å². The van der Waals surface area contributed by atoms with Crippen LogP contribution in [0, 0.1) is 0 Å². The Morgan fingerprint density at radius 2 is 1.70 bits per heavy atom. The van der Waals surface area contributed by atoms with Gasteiger partial charge in [0.15, 0.2) is 0 Å². The highest BCUT2D eigenvalue weighted by Crippen LogP contribution is 2.16. The Hall–Kier alpha value is -1.66. The van der Waals surface area contributed by atoms with E-state index in [1.807, 2.05) is 28.2 Å². The lowest BCUT2D eigenvalue weighted by molar-refractivity contribution is 0.578. The second-order valence-corrected chi connectivity index (χ2v) is 6.54. The van der Waals surface area contributed by atoms with Crippen molar-refractivity contribution < 1.29 is 0 Å². The monoisotopic (exact) mass is 306 g/mol. The number of fused-ring (bicyclic) bond motifs is 1. The first-order valence-corrected chi connectivity index (χ1v) is 8.10. The normalized spacial score (nSPS) is 11.2. The maximum Gasteiger partial charge on any atom is 0.268 e. The van der Waals surface area contributed by atoms with Gasteiger partial charge in [-0.2, -0.15) is 0 Å². The molecule has 0 spiro atoms. The molecule has 0 N–H and O–H groups in total. The second kappa shape index (κ2) is 5.76. The van der Waals surface area contributed by atoms with Crippen LogP contribution in [-0.2, 0) is 13.1 Å². The molecule has 0 unspecified atom stereocenters. The SMILES string of the molecule is O=c1ccsn1CCCCn1sc2ccccc2c1=O. The van der Waals surface area contributed by atoms with E-state index in [2.05, 4.69) is 0 Å². The van der Waals surface area contributed by atoms with Crippen molar-refractivity contribution in [3.05, 3.63) is 56.4 Å². The van der Waals surface area contributed by atoms with Gasteiger partial charge in [-0.1, -0.05) is 35.2 Å². The van der Waals surface area contributed by atoms with Gasteiger partial charge in [0, 0.05) is 24.5 Å². The summed E-state index contributed by atoms with van der Waals surface area (Å²) in [6.45, 7) is 1.45. The molecule has 0 saturated heterocycles. The number of aryl methyl sites for hydroxylation is 2. The van der Waals surface area contributed by atoms with E-state index in [1.54, 1.807) is 15.4 Å². The number of nitrogens with zero attached hydrogens (tertiary/aromatic N) is 2. The van der Waals surface area contributed by atoms with Gasteiger partial charge >= 0.3 is 0 Å². The molecule has 3 aromatic rings. The molecule has 0 aliphatic rings. The van der Waals surface area contributed by atoms with E-state index in [1.165, 1.54) is 23.1 Å². The van der Waals surface area contributed by atoms with Gasteiger partial charge in [-0.05, 0) is 25.0 Å². The molecule has 0 radical (unpaired) electrons. The van der Waals surface area contributed by atoms with Crippen LogP contribution >= 0.6 is 23.1 Å². The number of aromatic nitrogens is 2. The first-order valence-electron chi connectivity index (χ1n) is 6.49. The molecule has 0 aliphatic carbocycles. The van der Waals surface area contributed by atoms with E-state index in [4.69, 9.17) is 0 Å². The standard InChI is InChI=1S/C14H14N2O2S2/c17-13-7-10-19-15(13)8-3-4-9-16-14(18)11-5-1-2-6-12(11)20-16/h1-2,5-7,10H,3-4,8-9H2. The van der Waals surface area contributed by atoms with Gasteiger partial charge in [0.1, 0.15) is 0 Å². The summed E-state index contributed by atoms with van der Waals surface area (Å²) in [6.07, 6.45) is 1.80. The van der Waals surface area contributed by atoms with Crippen LogP contribution in [0.1, 0.15) is 12.8 Å². The van der Waals surface area contributed by atoms with Crippen molar-refractivity contribution in [3.63, 3.8) is 0 Å². The van der Waals surface area contributed by atoms with Crippen LogP contribution in [0.3, 0.4) is 0 Å². The minimum Gasteiger partial charge on any atom is -0.268 e. The summed E-state index contributed by atoms with van der Waals surface area (Å²) in [5.74, 6) is 0. The van der Waals surface area contributed by atoms with E-state index in [-0.39, 0.29) is 11.1 Å². The fourth-order valence-corrected chi connectivity index (χ4v) is 3.89. The lowest BCUT2D eigenvalue weighted by atomic mass is 10.3. The zero-order valence-electron chi connectivity index (χ0n) is 10.8. The van der Waals surface area contributed by atoms with E-state index in [9.17, 15) is 9.59 Å². The average Bonchev–Trinajstić information content (AvgIpc) is 3.00. The number of unbranched alkanes of at least 4 members (excludes halogenated alkanes) is 1. The Balaban J connectivity index is 1.63. The van der Waals surface area contributed by atoms with Gasteiger partial charge in [0.2, 0.25) is 0 Å². The van der Waals surface area contributed by atoms with E-state index < -0.39 is 0 Å². The van der Waals surface area contributed by atoms with Crippen LogP contribution in [0.2, 0.25) is 0 Å². The molecule has 2 heterocycles. The van der Waals surface area contributed by atoms with E-state index in [0.717, 1.165) is 36.0 Å². The predicted octanol–water partition coefficient (Wildman–Crippen LogP) is 2.77. The molecule has 2 aromatic heterocycles. The Labute approximate surface area is 123 Å². The van der Waals surface area contributed by atoms with Gasteiger partial charge in [0.25, 0.3) is 11.1 Å². The van der Waals surface area contributed by atoms with Crippen LogP contribution < -0.4 is 11.1 Å². The van der Waals surface area contributed by atoms with Gasteiger partial charge in [-0.15, -0.1) is 0 Å². The summed E-state index contributed by atoms with van der Waals surface area (Å²) in [7, 11) is 0. The van der Waals surface area contributed by atoms with E-state index in [0.29, 0.717) is 0 Å². The molecule has 0 amide bonds. The Kier molecular flexibility index (Phi) is 3.84. The zero-order valence-corrected chi connectivity index (χ0v) is 12.5. The molecule has 20 heavy (non-hydrogen) atoms. The maximum absolute atomic E-state index is 12.1. The van der Waals surface area contributed by atoms with Crippen LogP contribution in [-0.4, -0.2) is 7.91 Å². The summed E-state index contributed by atoms with van der Waals surface area (Å²) < 4.78 is 4.59. The fraction of sp³-hybridized carbons (Fsp3) is 0.286. The van der Waals surface area contributed by atoms with Crippen molar-refractivity contribution in [3.8, 4) is 0 Å². The number of benzene rings is 1. The Bertz CT molecular complexity index is 825. The summed E-state index contributed by atoms with van der Waals surface area (Å²) in [6, 6.07) is 9.27. The van der Waals surface area contributed by atoms with E-state index >= 15 is 0 Å². The third kappa shape index (κ3) is 2.62. The van der Waals surface area contributed by atoms with Crippen molar-refractivity contribution in [2.45, 2.75) is 25.9 Å². The van der Waals surface area contributed by atoms with Crippen molar-refractivity contribution in [2.75, 3.05) is 0 Å². The number of hydrogen-bond acceptors (Lipinski definition) is 4.